The van der Waals surface area contributed by atoms with Gasteiger partial charge in [-0.1, -0.05) is 18.2 Å². The summed E-state index contributed by atoms with van der Waals surface area (Å²) in [6, 6.07) is 9.66. The van der Waals surface area contributed by atoms with Crippen LogP contribution in [0.3, 0.4) is 0 Å². The maximum atomic E-state index is 13.9. The number of nitrogens with zero attached hydrogens (tertiary/aromatic N) is 2. The first-order valence-electron chi connectivity index (χ1n) is 12.7. The Morgan fingerprint density at radius 3 is 2.19 bits per heavy atom. The number of halogens is 8. The van der Waals surface area contributed by atoms with Crippen molar-refractivity contribution in [1.82, 2.24) is 5.32 Å². The summed E-state index contributed by atoms with van der Waals surface area (Å²) in [5.74, 6) is -7.85. The molecule has 1 aliphatic rings. The number of amides is 3. The Balaban J connectivity index is 2.02. The topological polar surface area (TPSA) is 128 Å². The fourth-order valence-electron chi connectivity index (χ4n) is 4.75. The quantitative estimate of drug-likeness (QED) is 0.304. The number of primary amides is 1. The van der Waals surface area contributed by atoms with Gasteiger partial charge >= 0.3 is 12.4 Å². The number of carbonyl (C=O) groups excluding carboxylic acids is 3. The average molecular weight is 620 g/mol. The lowest BCUT2D eigenvalue weighted by molar-refractivity contribution is -0.152. The van der Waals surface area contributed by atoms with Gasteiger partial charge in [0.05, 0.1) is 29.6 Å². The van der Waals surface area contributed by atoms with E-state index in [1.54, 1.807) is 0 Å². The molecule has 43 heavy (non-hydrogen) atoms. The minimum atomic E-state index is -4.85. The molecule has 2 aromatic carbocycles. The van der Waals surface area contributed by atoms with Crippen LogP contribution in [0.5, 0.6) is 0 Å². The fraction of sp³-hybridized carbons (Fsp3) is 0.407. The number of fused-ring (bicyclic) bond motifs is 1. The van der Waals surface area contributed by atoms with E-state index in [0.717, 1.165) is 6.07 Å². The molecule has 8 nitrogen and oxygen atoms in total. The molecular formula is C27H25F8N5O3. The molecule has 0 aromatic heterocycles. The number of para-hydroxylation sites is 1. The van der Waals surface area contributed by atoms with E-state index in [2.05, 4.69) is 10.6 Å². The first kappa shape index (κ1) is 33.1. The molecule has 0 bridgehead atoms. The second-order valence-electron chi connectivity index (χ2n) is 9.79. The number of nitrogens with one attached hydrogen (secondary N) is 2. The molecule has 0 radical (unpaired) electrons. The van der Waals surface area contributed by atoms with E-state index in [4.69, 9.17) is 5.73 Å². The van der Waals surface area contributed by atoms with Crippen molar-refractivity contribution in [3.05, 3.63) is 53.6 Å². The van der Waals surface area contributed by atoms with E-state index in [1.807, 2.05) is 6.07 Å². The highest BCUT2D eigenvalue weighted by Gasteiger charge is 2.41. The van der Waals surface area contributed by atoms with Crippen LogP contribution >= 0.6 is 0 Å². The molecule has 1 aliphatic heterocycles. The molecule has 1 heterocycles. The van der Waals surface area contributed by atoms with Crippen molar-refractivity contribution < 1.29 is 49.5 Å². The summed E-state index contributed by atoms with van der Waals surface area (Å²) in [5.41, 5.74) is 4.67. The first-order valence-corrected chi connectivity index (χ1v) is 12.7. The Kier molecular flexibility index (Phi) is 10.2. The molecule has 0 fully saturated rings. The van der Waals surface area contributed by atoms with Crippen molar-refractivity contribution in [1.29, 1.82) is 5.26 Å². The van der Waals surface area contributed by atoms with Crippen LogP contribution in [0.15, 0.2) is 42.5 Å². The van der Waals surface area contributed by atoms with Crippen LogP contribution in [0, 0.1) is 23.2 Å². The van der Waals surface area contributed by atoms with E-state index >= 15 is 0 Å². The molecule has 0 saturated carbocycles. The Bertz CT molecular complexity index is 1390. The van der Waals surface area contributed by atoms with Crippen LogP contribution < -0.4 is 21.3 Å². The molecule has 16 heteroatoms. The monoisotopic (exact) mass is 619 g/mol. The van der Waals surface area contributed by atoms with Crippen molar-refractivity contribution >= 4 is 34.8 Å². The Morgan fingerprint density at radius 1 is 1.02 bits per heavy atom. The third-order valence-electron chi connectivity index (χ3n) is 6.80. The van der Waals surface area contributed by atoms with Gasteiger partial charge in [0.1, 0.15) is 6.04 Å². The lowest BCUT2D eigenvalue weighted by Gasteiger charge is -2.29. The smallest absolute Gasteiger partial charge is 0.369 e. The van der Waals surface area contributed by atoms with Crippen molar-refractivity contribution in [2.24, 2.45) is 17.6 Å². The van der Waals surface area contributed by atoms with Crippen molar-refractivity contribution in [2.45, 2.75) is 50.5 Å². The second kappa shape index (κ2) is 13.3. The van der Waals surface area contributed by atoms with Crippen LogP contribution in [-0.4, -0.2) is 42.7 Å². The van der Waals surface area contributed by atoms with Gasteiger partial charge in [0.25, 0.3) is 6.43 Å². The zero-order valence-corrected chi connectivity index (χ0v) is 22.1. The van der Waals surface area contributed by atoms with E-state index in [1.165, 1.54) is 41.3 Å². The molecular weight excluding hydrogens is 594 g/mol. The van der Waals surface area contributed by atoms with Crippen LogP contribution in [0.25, 0.3) is 0 Å². The third-order valence-corrected chi connectivity index (χ3v) is 6.80. The predicted molar refractivity (Wildman–Crippen MR) is 137 cm³/mol. The van der Waals surface area contributed by atoms with Gasteiger partial charge in [-0.15, -0.1) is 0 Å². The number of hydrogen-bond acceptors (Lipinski definition) is 5. The highest BCUT2D eigenvalue weighted by molar-refractivity contribution is 6.03. The van der Waals surface area contributed by atoms with E-state index in [9.17, 15) is 54.8 Å². The molecule has 3 rings (SSSR count). The lowest BCUT2D eigenvalue weighted by Crippen LogP contribution is -2.52. The standard InChI is InChI=1S/C27H25F8N5O3/c28-22(29)18-5-2-6-20-21(18)39-25(43)19(13-40(20)15-4-1-3-14(11-15)12-36)38-24(42)17(8-10-27(33,34)35)16(23(37)41)7-9-26(30,31)32/h1-6,11,16-17,19,22H,7-10,13H2,(H2,37,41)(H,38,42)(H,39,43)/t16?,17?,19-/m0/s1. The average Bonchev–Trinajstić information content (AvgIpc) is 3.04. The number of benzene rings is 2. The number of nitrogens with two attached hydrogens (primary N) is 1. The lowest BCUT2D eigenvalue weighted by atomic mass is 9.83. The summed E-state index contributed by atoms with van der Waals surface area (Å²) in [4.78, 5) is 39.9. The van der Waals surface area contributed by atoms with E-state index < -0.39 is 92.2 Å². The third kappa shape index (κ3) is 8.79. The van der Waals surface area contributed by atoms with Crippen molar-refractivity contribution in [3.63, 3.8) is 0 Å². The Morgan fingerprint density at radius 2 is 1.63 bits per heavy atom. The van der Waals surface area contributed by atoms with Crippen LogP contribution in [0.1, 0.15) is 43.2 Å². The van der Waals surface area contributed by atoms with Gasteiger partial charge in [0, 0.05) is 35.9 Å². The summed E-state index contributed by atoms with van der Waals surface area (Å²) < 4.78 is 106. The molecule has 0 aliphatic carbocycles. The number of anilines is 3. The largest absolute Gasteiger partial charge is 0.389 e. The minimum absolute atomic E-state index is 0.0341. The zero-order chi connectivity index (χ0) is 32.1. The molecule has 0 spiro atoms. The van der Waals surface area contributed by atoms with Gasteiger partial charge in [-0.05, 0) is 37.1 Å². The first-order chi connectivity index (χ1) is 20.0. The van der Waals surface area contributed by atoms with E-state index in [-0.39, 0.29) is 22.6 Å². The molecule has 232 valence electrons. The molecule has 3 amide bonds. The Labute approximate surface area is 239 Å². The molecule has 4 N–H and O–H groups in total. The highest BCUT2D eigenvalue weighted by Crippen LogP contribution is 2.40. The Hall–Kier alpha value is -4.42. The molecule has 3 atom stereocenters. The van der Waals surface area contributed by atoms with E-state index in [0.29, 0.717) is 0 Å². The number of rotatable bonds is 10. The van der Waals surface area contributed by atoms with Gasteiger partial charge in [0.15, 0.2) is 0 Å². The van der Waals surface area contributed by atoms with Gasteiger partial charge in [-0.25, -0.2) is 8.78 Å². The predicted octanol–water partition coefficient (Wildman–Crippen LogP) is 5.47. The summed E-state index contributed by atoms with van der Waals surface area (Å²) in [6.07, 6.45) is -18.2. The number of nitriles is 1. The minimum Gasteiger partial charge on any atom is -0.369 e. The molecule has 0 saturated heterocycles. The van der Waals surface area contributed by atoms with Crippen LogP contribution in [0.4, 0.5) is 52.2 Å². The maximum absolute atomic E-state index is 13.9. The van der Waals surface area contributed by atoms with Crippen molar-refractivity contribution in [3.8, 4) is 6.07 Å². The summed E-state index contributed by atoms with van der Waals surface area (Å²) in [7, 11) is 0. The SMILES string of the molecule is N#Cc1cccc(N2C[C@H](NC(=O)C(CCC(F)(F)F)C(CCC(F)(F)F)C(N)=O)C(=O)Nc3c(C(F)F)cccc32)c1. The summed E-state index contributed by atoms with van der Waals surface area (Å²) >= 11 is 0. The normalized spacial score (nSPS) is 16.9. The second-order valence-corrected chi connectivity index (χ2v) is 9.79. The maximum Gasteiger partial charge on any atom is 0.389 e. The number of hydrogen-bond donors (Lipinski definition) is 3. The van der Waals surface area contributed by atoms with Gasteiger partial charge in [0.2, 0.25) is 17.7 Å². The summed E-state index contributed by atoms with van der Waals surface area (Å²) in [6.45, 7) is -0.498. The summed E-state index contributed by atoms with van der Waals surface area (Å²) in [5, 5.41) is 13.8. The van der Waals surface area contributed by atoms with Crippen LogP contribution in [0.2, 0.25) is 0 Å². The zero-order valence-electron chi connectivity index (χ0n) is 22.1. The molecule has 2 unspecified atom stereocenters. The highest BCUT2D eigenvalue weighted by atomic mass is 19.4. The van der Waals surface area contributed by atoms with Crippen LogP contribution in [-0.2, 0) is 14.4 Å². The van der Waals surface area contributed by atoms with Gasteiger partial charge < -0.3 is 21.3 Å². The number of carbonyl (C=O) groups is 3. The molecule has 2 aromatic rings. The van der Waals surface area contributed by atoms with Gasteiger partial charge in [-0.2, -0.15) is 31.6 Å². The van der Waals surface area contributed by atoms with Gasteiger partial charge in [-0.3, -0.25) is 14.4 Å². The number of alkyl halides is 8. The fourth-order valence-corrected chi connectivity index (χ4v) is 4.75. The van der Waals surface area contributed by atoms with Crippen molar-refractivity contribution in [2.75, 3.05) is 16.8 Å².